The average molecular weight is 440 g/mol. The number of nitrogens with one attached hydrogen (secondary N) is 1. The zero-order chi connectivity index (χ0) is 21.8. The van der Waals surface area contributed by atoms with Gasteiger partial charge < -0.3 is 19.9 Å². The summed E-state index contributed by atoms with van der Waals surface area (Å²) in [6.45, 7) is 3.25. The number of rotatable bonds is 7. The van der Waals surface area contributed by atoms with Gasteiger partial charge in [0.1, 0.15) is 16.1 Å². The van der Waals surface area contributed by atoms with E-state index in [0.717, 1.165) is 65.0 Å². The molecule has 2 aromatic heterocycles. The van der Waals surface area contributed by atoms with Crippen molar-refractivity contribution in [2.45, 2.75) is 12.8 Å². The van der Waals surface area contributed by atoms with E-state index in [9.17, 15) is 4.79 Å². The van der Waals surface area contributed by atoms with Crippen LogP contribution in [0.15, 0.2) is 36.4 Å². The first kappa shape index (κ1) is 21.5. The van der Waals surface area contributed by atoms with Crippen molar-refractivity contribution in [2.75, 3.05) is 52.3 Å². The van der Waals surface area contributed by atoms with Gasteiger partial charge in [0.05, 0.1) is 12.8 Å². The highest BCUT2D eigenvalue weighted by atomic mass is 32.1. The molecule has 1 N–H and O–H groups in total. The number of carbonyl (C=O) groups excluding carboxylic acids is 1. The predicted octanol–water partition coefficient (Wildman–Crippen LogP) is 3.26. The molecule has 8 heteroatoms. The fraction of sp³-hybridized carbons (Fsp3) is 0.435. The topological polar surface area (TPSA) is 70.6 Å². The molecule has 0 bridgehead atoms. The Labute approximate surface area is 187 Å². The number of amides is 1. The Morgan fingerprint density at radius 1 is 1.16 bits per heavy atom. The third kappa shape index (κ3) is 5.14. The molecule has 0 unspecified atom stereocenters. The highest BCUT2D eigenvalue weighted by molar-refractivity contribution is 7.21. The van der Waals surface area contributed by atoms with Crippen LogP contribution in [-0.4, -0.2) is 68.2 Å². The van der Waals surface area contributed by atoms with Gasteiger partial charge in [0.2, 0.25) is 5.91 Å². The quantitative estimate of drug-likeness (QED) is 0.609. The SMILES string of the molecule is COc1ccc(-c2ccc3nc(N4CCC(C(=O)NCCN(C)C)CC4)sc3n2)cc1. The second kappa shape index (κ2) is 9.62. The van der Waals surface area contributed by atoms with Crippen molar-refractivity contribution in [3.05, 3.63) is 36.4 Å². The van der Waals surface area contributed by atoms with E-state index in [2.05, 4.69) is 15.1 Å². The van der Waals surface area contributed by atoms with Crippen LogP contribution in [0.1, 0.15) is 12.8 Å². The number of pyridine rings is 1. The molecule has 1 fully saturated rings. The summed E-state index contributed by atoms with van der Waals surface area (Å²) in [6.07, 6.45) is 1.71. The zero-order valence-corrected chi connectivity index (χ0v) is 19.1. The monoisotopic (exact) mass is 439 g/mol. The summed E-state index contributed by atoms with van der Waals surface area (Å²) in [5, 5.41) is 4.05. The summed E-state index contributed by atoms with van der Waals surface area (Å²) in [5.74, 6) is 1.10. The molecule has 1 amide bonds. The van der Waals surface area contributed by atoms with Crippen LogP contribution in [0.2, 0.25) is 0 Å². The number of hydrogen-bond donors (Lipinski definition) is 1. The maximum absolute atomic E-state index is 12.4. The number of anilines is 1. The lowest BCUT2D eigenvalue weighted by atomic mass is 9.96. The molecule has 1 aromatic carbocycles. The smallest absolute Gasteiger partial charge is 0.223 e. The van der Waals surface area contributed by atoms with E-state index in [1.165, 1.54) is 0 Å². The highest BCUT2D eigenvalue weighted by Gasteiger charge is 2.26. The van der Waals surface area contributed by atoms with Crippen molar-refractivity contribution < 1.29 is 9.53 Å². The summed E-state index contributed by atoms with van der Waals surface area (Å²) >= 11 is 1.62. The third-order valence-electron chi connectivity index (χ3n) is 5.62. The molecule has 3 aromatic rings. The number of likely N-dealkylation sites (N-methyl/N-ethyl adjacent to an activating group) is 1. The standard InChI is InChI=1S/C23H29N5O2S/c1-27(2)15-12-24-21(29)17-10-13-28(14-11-17)23-26-20-9-8-19(25-22(20)31-23)16-4-6-18(30-3)7-5-16/h4-9,17H,10-15H2,1-3H3,(H,24,29). The number of piperidine rings is 1. The minimum absolute atomic E-state index is 0.0904. The number of aromatic nitrogens is 2. The first-order valence-corrected chi connectivity index (χ1v) is 11.4. The second-order valence-corrected chi connectivity index (χ2v) is 9.06. The Balaban J connectivity index is 1.39. The lowest BCUT2D eigenvalue weighted by molar-refractivity contribution is -0.125. The van der Waals surface area contributed by atoms with Crippen molar-refractivity contribution in [2.24, 2.45) is 5.92 Å². The van der Waals surface area contributed by atoms with E-state index in [1.807, 2.05) is 50.5 Å². The van der Waals surface area contributed by atoms with Gasteiger partial charge in [0, 0.05) is 37.7 Å². The van der Waals surface area contributed by atoms with Crippen LogP contribution in [0.5, 0.6) is 5.75 Å². The van der Waals surface area contributed by atoms with E-state index < -0.39 is 0 Å². The second-order valence-electron chi connectivity index (χ2n) is 8.10. The maximum Gasteiger partial charge on any atom is 0.223 e. The molecule has 0 saturated carbocycles. The van der Waals surface area contributed by atoms with Crippen LogP contribution in [0.4, 0.5) is 5.13 Å². The minimum atomic E-state index is 0.0904. The first-order valence-electron chi connectivity index (χ1n) is 10.6. The Hall–Kier alpha value is -2.71. The average Bonchev–Trinajstić information content (AvgIpc) is 3.22. The normalized spacial score (nSPS) is 14.9. The maximum atomic E-state index is 12.4. The summed E-state index contributed by atoms with van der Waals surface area (Å²) < 4.78 is 5.24. The molecule has 164 valence electrons. The van der Waals surface area contributed by atoms with E-state index in [1.54, 1.807) is 18.4 Å². The van der Waals surface area contributed by atoms with Gasteiger partial charge in [-0.05, 0) is 63.3 Å². The molecule has 0 spiro atoms. The van der Waals surface area contributed by atoms with Crippen molar-refractivity contribution >= 4 is 32.7 Å². The number of fused-ring (bicyclic) bond motifs is 1. The number of nitrogens with zero attached hydrogens (tertiary/aromatic N) is 4. The molecule has 1 saturated heterocycles. The highest BCUT2D eigenvalue weighted by Crippen LogP contribution is 2.32. The largest absolute Gasteiger partial charge is 0.497 e. The number of methoxy groups -OCH3 is 1. The van der Waals surface area contributed by atoms with Gasteiger partial charge in [0.25, 0.3) is 0 Å². The molecule has 0 radical (unpaired) electrons. The zero-order valence-electron chi connectivity index (χ0n) is 18.3. The lowest BCUT2D eigenvalue weighted by Gasteiger charge is -2.31. The molecule has 7 nitrogen and oxygen atoms in total. The number of ether oxygens (including phenoxy) is 1. The van der Waals surface area contributed by atoms with E-state index in [0.29, 0.717) is 6.54 Å². The number of hydrogen-bond acceptors (Lipinski definition) is 7. The van der Waals surface area contributed by atoms with E-state index in [-0.39, 0.29) is 11.8 Å². The number of benzene rings is 1. The number of carbonyl (C=O) groups is 1. The summed E-state index contributed by atoms with van der Waals surface area (Å²) in [4.78, 5) is 27.3. The van der Waals surface area contributed by atoms with Crippen LogP contribution in [-0.2, 0) is 4.79 Å². The minimum Gasteiger partial charge on any atom is -0.497 e. The molecule has 1 aliphatic rings. The van der Waals surface area contributed by atoms with Crippen LogP contribution >= 0.6 is 11.3 Å². The van der Waals surface area contributed by atoms with Gasteiger partial charge in [-0.1, -0.05) is 11.3 Å². The molecule has 3 heterocycles. The lowest BCUT2D eigenvalue weighted by Crippen LogP contribution is -2.42. The van der Waals surface area contributed by atoms with E-state index in [4.69, 9.17) is 14.7 Å². The molecule has 1 aliphatic heterocycles. The summed E-state index contributed by atoms with van der Waals surface area (Å²) in [6, 6.07) is 12.0. The van der Waals surface area contributed by atoms with Crippen LogP contribution < -0.4 is 15.0 Å². The fourth-order valence-electron chi connectivity index (χ4n) is 3.74. The molecule has 0 atom stereocenters. The Morgan fingerprint density at radius 2 is 1.90 bits per heavy atom. The van der Waals surface area contributed by atoms with Crippen LogP contribution in [0.3, 0.4) is 0 Å². The number of thiazole rings is 1. The third-order valence-corrected chi connectivity index (χ3v) is 6.65. The van der Waals surface area contributed by atoms with Gasteiger partial charge in [-0.3, -0.25) is 4.79 Å². The Kier molecular flexibility index (Phi) is 6.67. The molecule has 31 heavy (non-hydrogen) atoms. The molecule has 0 aliphatic carbocycles. The van der Waals surface area contributed by atoms with Gasteiger partial charge in [-0.25, -0.2) is 9.97 Å². The van der Waals surface area contributed by atoms with Gasteiger partial charge in [0.15, 0.2) is 5.13 Å². The van der Waals surface area contributed by atoms with Gasteiger partial charge in [-0.2, -0.15) is 0 Å². The van der Waals surface area contributed by atoms with Crippen LogP contribution in [0, 0.1) is 5.92 Å². The summed E-state index contributed by atoms with van der Waals surface area (Å²) in [5.41, 5.74) is 2.90. The van der Waals surface area contributed by atoms with E-state index >= 15 is 0 Å². The van der Waals surface area contributed by atoms with Crippen molar-refractivity contribution in [1.82, 2.24) is 20.2 Å². The Morgan fingerprint density at radius 3 is 2.58 bits per heavy atom. The summed E-state index contributed by atoms with van der Waals surface area (Å²) in [7, 11) is 5.69. The predicted molar refractivity (Wildman–Crippen MR) is 126 cm³/mol. The van der Waals surface area contributed by atoms with Gasteiger partial charge >= 0.3 is 0 Å². The fourth-order valence-corrected chi connectivity index (χ4v) is 4.73. The van der Waals surface area contributed by atoms with Crippen molar-refractivity contribution in [1.29, 1.82) is 0 Å². The van der Waals surface area contributed by atoms with Gasteiger partial charge in [-0.15, -0.1) is 0 Å². The Bertz CT molecular complexity index is 1030. The van der Waals surface area contributed by atoms with Crippen LogP contribution in [0.25, 0.3) is 21.6 Å². The first-order chi connectivity index (χ1) is 15.0. The molecular weight excluding hydrogens is 410 g/mol. The molecular formula is C23H29N5O2S. The van der Waals surface area contributed by atoms with Crippen molar-refractivity contribution in [3.8, 4) is 17.0 Å². The molecule has 4 rings (SSSR count). The van der Waals surface area contributed by atoms with Crippen molar-refractivity contribution in [3.63, 3.8) is 0 Å².